The van der Waals surface area contributed by atoms with Crippen molar-refractivity contribution in [1.29, 1.82) is 0 Å². The first-order chi connectivity index (χ1) is 11.5. The van der Waals surface area contributed by atoms with Gasteiger partial charge in [-0.2, -0.15) is 0 Å². The van der Waals surface area contributed by atoms with E-state index in [0.29, 0.717) is 22.0 Å². The molecule has 0 saturated heterocycles. The van der Waals surface area contributed by atoms with Crippen molar-refractivity contribution in [2.45, 2.75) is 6.92 Å². The molecule has 0 bridgehead atoms. The summed E-state index contributed by atoms with van der Waals surface area (Å²) in [5, 5.41) is 0.698. The Kier molecular flexibility index (Phi) is 4.08. The van der Waals surface area contributed by atoms with E-state index in [9.17, 15) is 9.59 Å². The Hall–Kier alpha value is -3.08. The number of aromatic amines is 1. The summed E-state index contributed by atoms with van der Waals surface area (Å²) in [6.45, 7) is 1.95. The molecule has 0 atom stereocenters. The van der Waals surface area contributed by atoms with Crippen LogP contribution in [0, 0.1) is 6.92 Å². The van der Waals surface area contributed by atoms with Gasteiger partial charge in [0.05, 0.1) is 11.1 Å². The van der Waals surface area contributed by atoms with Gasteiger partial charge in [0, 0.05) is 19.5 Å². The summed E-state index contributed by atoms with van der Waals surface area (Å²) < 4.78 is 5.58. The van der Waals surface area contributed by atoms with Crippen LogP contribution in [0.3, 0.4) is 0 Å². The number of rotatable bonds is 2. The molecule has 0 unspecified atom stereocenters. The van der Waals surface area contributed by atoms with Crippen LogP contribution in [0.2, 0.25) is 0 Å². The van der Waals surface area contributed by atoms with Crippen molar-refractivity contribution in [3.05, 3.63) is 64.4 Å². The van der Waals surface area contributed by atoms with E-state index in [1.165, 1.54) is 4.90 Å². The van der Waals surface area contributed by atoms with E-state index < -0.39 is 6.09 Å². The summed E-state index contributed by atoms with van der Waals surface area (Å²) in [7, 11) is 3.20. The average Bonchev–Trinajstić information content (AvgIpc) is 2.56. The van der Waals surface area contributed by atoms with Crippen molar-refractivity contribution in [1.82, 2.24) is 9.88 Å². The van der Waals surface area contributed by atoms with E-state index in [-0.39, 0.29) is 11.3 Å². The van der Waals surface area contributed by atoms with E-state index in [1.54, 1.807) is 14.1 Å². The Morgan fingerprint density at radius 1 is 1.08 bits per heavy atom. The summed E-state index contributed by atoms with van der Waals surface area (Å²) in [6.07, 6.45) is -0.527. The quantitative estimate of drug-likeness (QED) is 0.784. The first-order valence-electron chi connectivity index (χ1n) is 7.58. The van der Waals surface area contributed by atoms with Gasteiger partial charge in [0.1, 0.15) is 0 Å². The molecule has 1 heterocycles. The molecule has 3 rings (SSSR count). The van der Waals surface area contributed by atoms with E-state index in [2.05, 4.69) is 4.98 Å². The molecular weight excluding hydrogens is 304 g/mol. The summed E-state index contributed by atoms with van der Waals surface area (Å²) in [6, 6.07) is 14.8. The van der Waals surface area contributed by atoms with Crippen LogP contribution in [0.15, 0.2) is 53.3 Å². The monoisotopic (exact) mass is 322 g/mol. The molecule has 0 radical (unpaired) electrons. The molecule has 0 spiro atoms. The lowest BCUT2D eigenvalue weighted by Crippen LogP contribution is -2.26. The zero-order valence-electron chi connectivity index (χ0n) is 13.8. The third-order valence-corrected chi connectivity index (χ3v) is 3.74. The molecule has 0 fully saturated rings. The van der Waals surface area contributed by atoms with Crippen LogP contribution >= 0.6 is 0 Å². The minimum absolute atomic E-state index is 0.280. The fourth-order valence-electron chi connectivity index (χ4n) is 2.53. The smallest absolute Gasteiger partial charge is 0.409 e. The number of hydrogen-bond donors (Lipinski definition) is 1. The van der Waals surface area contributed by atoms with E-state index >= 15 is 0 Å². The number of pyridine rings is 1. The predicted octanol–water partition coefficient (Wildman–Crippen LogP) is 3.56. The van der Waals surface area contributed by atoms with Crippen LogP contribution in [0.1, 0.15) is 5.56 Å². The number of carbonyl (C=O) groups excluding carboxylic acids is 1. The number of carbonyl (C=O) groups is 1. The molecule has 5 heteroatoms. The minimum Gasteiger partial charge on any atom is -0.409 e. The van der Waals surface area contributed by atoms with Gasteiger partial charge in [-0.1, -0.05) is 42.0 Å². The number of nitrogens with one attached hydrogen (secondary N) is 1. The molecule has 2 aromatic carbocycles. The van der Waals surface area contributed by atoms with Crippen molar-refractivity contribution in [2.75, 3.05) is 14.1 Å². The lowest BCUT2D eigenvalue weighted by atomic mass is 10.0. The molecule has 0 aliphatic heterocycles. The number of aromatic nitrogens is 1. The molecule has 3 aromatic rings. The fourth-order valence-corrected chi connectivity index (χ4v) is 2.53. The van der Waals surface area contributed by atoms with E-state index in [4.69, 9.17) is 4.74 Å². The van der Waals surface area contributed by atoms with Crippen LogP contribution in [-0.2, 0) is 0 Å². The van der Waals surface area contributed by atoms with Gasteiger partial charge in [0.15, 0.2) is 5.75 Å². The molecule has 0 saturated carbocycles. The Morgan fingerprint density at radius 2 is 1.79 bits per heavy atom. The maximum Gasteiger partial charge on any atom is 0.414 e. The largest absolute Gasteiger partial charge is 0.414 e. The number of nitrogens with zero attached hydrogens (tertiary/aromatic N) is 1. The van der Waals surface area contributed by atoms with Crippen molar-refractivity contribution >= 4 is 17.0 Å². The van der Waals surface area contributed by atoms with Gasteiger partial charge in [0.25, 0.3) is 5.56 Å². The molecule has 0 aliphatic rings. The summed E-state index contributed by atoms with van der Waals surface area (Å²) in [5.74, 6) is 0.280. The van der Waals surface area contributed by atoms with Gasteiger partial charge in [-0.3, -0.25) is 4.79 Å². The average molecular weight is 322 g/mol. The number of amides is 1. The van der Waals surface area contributed by atoms with Crippen molar-refractivity contribution in [2.24, 2.45) is 0 Å². The zero-order valence-corrected chi connectivity index (χ0v) is 13.8. The Balaban J connectivity index is 2.35. The second-order valence-electron chi connectivity index (χ2n) is 5.84. The Labute approximate surface area is 139 Å². The molecule has 1 N–H and O–H groups in total. The number of fused-ring (bicyclic) bond motifs is 1. The van der Waals surface area contributed by atoms with E-state index in [0.717, 1.165) is 5.56 Å². The number of H-pyrrole nitrogens is 1. The zero-order chi connectivity index (χ0) is 17.3. The fraction of sp³-hybridized carbons (Fsp3) is 0.158. The summed E-state index contributed by atoms with van der Waals surface area (Å²) in [4.78, 5) is 29.0. The summed E-state index contributed by atoms with van der Waals surface area (Å²) >= 11 is 0. The lowest BCUT2D eigenvalue weighted by Gasteiger charge is -2.16. The number of benzene rings is 2. The molecule has 1 amide bonds. The number of hydrogen-bond acceptors (Lipinski definition) is 3. The van der Waals surface area contributed by atoms with Gasteiger partial charge in [-0.25, -0.2) is 4.79 Å². The first-order valence-corrected chi connectivity index (χ1v) is 7.58. The minimum atomic E-state index is -0.527. The first kappa shape index (κ1) is 15.8. The SMILES string of the molecule is Cc1ccc2[nH]c(=O)c(-c3ccccc3)c(OC(=O)N(C)C)c2c1. The maximum atomic E-state index is 12.6. The van der Waals surface area contributed by atoms with Crippen molar-refractivity contribution in [3.8, 4) is 16.9 Å². The maximum absolute atomic E-state index is 12.6. The van der Waals surface area contributed by atoms with Crippen molar-refractivity contribution < 1.29 is 9.53 Å². The lowest BCUT2D eigenvalue weighted by molar-refractivity contribution is 0.172. The van der Waals surface area contributed by atoms with Gasteiger partial charge in [0.2, 0.25) is 0 Å². The third-order valence-electron chi connectivity index (χ3n) is 3.74. The van der Waals surface area contributed by atoms with Gasteiger partial charge < -0.3 is 14.6 Å². The van der Waals surface area contributed by atoms with Crippen LogP contribution in [0.25, 0.3) is 22.0 Å². The van der Waals surface area contributed by atoms with Crippen LogP contribution in [0.4, 0.5) is 4.79 Å². The van der Waals surface area contributed by atoms with Gasteiger partial charge in [-0.15, -0.1) is 0 Å². The highest BCUT2D eigenvalue weighted by Crippen LogP contribution is 2.34. The molecule has 0 aliphatic carbocycles. The molecule has 24 heavy (non-hydrogen) atoms. The molecular formula is C19H18N2O3. The molecule has 1 aromatic heterocycles. The standard InChI is InChI=1S/C19H18N2O3/c1-12-9-10-15-14(11-12)17(24-19(23)21(2)3)16(18(22)20-15)13-7-5-4-6-8-13/h4-11H,1-3H3,(H,20,22). The van der Waals surface area contributed by atoms with Crippen molar-refractivity contribution in [3.63, 3.8) is 0 Å². The highest BCUT2D eigenvalue weighted by Gasteiger charge is 2.19. The highest BCUT2D eigenvalue weighted by molar-refractivity contribution is 5.94. The second-order valence-corrected chi connectivity index (χ2v) is 5.84. The second kappa shape index (κ2) is 6.20. The molecule has 5 nitrogen and oxygen atoms in total. The van der Waals surface area contributed by atoms with Gasteiger partial charge >= 0.3 is 6.09 Å². The van der Waals surface area contributed by atoms with Crippen LogP contribution in [0.5, 0.6) is 5.75 Å². The number of ether oxygens (including phenoxy) is 1. The number of aryl methyl sites for hydroxylation is 1. The normalized spacial score (nSPS) is 10.6. The third kappa shape index (κ3) is 2.88. The Morgan fingerprint density at radius 3 is 2.46 bits per heavy atom. The molecule has 122 valence electrons. The van der Waals surface area contributed by atoms with Gasteiger partial charge in [-0.05, 0) is 24.6 Å². The highest BCUT2D eigenvalue weighted by atomic mass is 16.6. The van der Waals surface area contributed by atoms with E-state index in [1.807, 2.05) is 55.5 Å². The Bertz CT molecular complexity index is 960. The topological polar surface area (TPSA) is 62.4 Å². The van der Waals surface area contributed by atoms with Crippen LogP contribution in [-0.4, -0.2) is 30.1 Å². The van der Waals surface area contributed by atoms with Crippen LogP contribution < -0.4 is 10.3 Å². The predicted molar refractivity (Wildman–Crippen MR) is 94.5 cm³/mol. The summed E-state index contributed by atoms with van der Waals surface area (Å²) in [5.41, 5.74) is 2.40.